The van der Waals surface area contributed by atoms with Gasteiger partial charge in [0.25, 0.3) is 5.91 Å². The third-order valence-electron chi connectivity index (χ3n) is 3.17. The van der Waals surface area contributed by atoms with Crippen molar-refractivity contribution in [1.29, 1.82) is 0 Å². The smallest absolute Gasteiger partial charge is 0.251 e. The lowest BCUT2D eigenvalue weighted by Gasteiger charge is -2.07. The Morgan fingerprint density at radius 2 is 1.61 bits per heavy atom. The van der Waals surface area contributed by atoms with Crippen LogP contribution in [-0.4, -0.2) is 27.1 Å². The highest BCUT2D eigenvalue weighted by Gasteiger charge is 2.09. The van der Waals surface area contributed by atoms with E-state index in [9.17, 15) is 13.2 Å². The summed E-state index contributed by atoms with van der Waals surface area (Å²) in [6.07, 6.45) is 1.71. The Labute approximate surface area is 145 Å². The van der Waals surface area contributed by atoms with Gasteiger partial charge < -0.3 is 5.32 Å². The number of carbonyl (C=O) groups is 1. The Hall–Kier alpha value is -1.56. The van der Waals surface area contributed by atoms with Crippen LogP contribution in [0.2, 0.25) is 10.0 Å². The summed E-state index contributed by atoms with van der Waals surface area (Å²) in [6, 6.07) is 11.0. The summed E-state index contributed by atoms with van der Waals surface area (Å²) in [4.78, 5) is 12.2. The molecule has 2 rings (SSSR count). The van der Waals surface area contributed by atoms with E-state index in [0.717, 1.165) is 11.8 Å². The van der Waals surface area contributed by atoms with E-state index < -0.39 is 9.84 Å². The number of benzene rings is 2. The molecule has 0 radical (unpaired) electrons. The third kappa shape index (κ3) is 5.23. The van der Waals surface area contributed by atoms with Gasteiger partial charge in [0.2, 0.25) is 0 Å². The monoisotopic (exact) mass is 371 g/mol. The average Bonchev–Trinajstić information content (AvgIpc) is 2.45. The molecule has 2 aromatic carbocycles. The van der Waals surface area contributed by atoms with Crippen molar-refractivity contribution in [3.05, 3.63) is 63.6 Å². The largest absolute Gasteiger partial charge is 0.352 e. The lowest BCUT2D eigenvalue weighted by molar-refractivity contribution is 0.0954. The van der Waals surface area contributed by atoms with Gasteiger partial charge in [-0.05, 0) is 54.4 Å². The molecule has 0 saturated carbocycles. The van der Waals surface area contributed by atoms with Crippen LogP contribution >= 0.6 is 23.2 Å². The van der Waals surface area contributed by atoms with Gasteiger partial charge in [0.1, 0.15) is 0 Å². The van der Waals surface area contributed by atoms with Gasteiger partial charge in [0.15, 0.2) is 9.84 Å². The summed E-state index contributed by atoms with van der Waals surface area (Å²) >= 11 is 11.8. The van der Waals surface area contributed by atoms with Gasteiger partial charge in [-0.25, -0.2) is 8.42 Å². The van der Waals surface area contributed by atoms with Crippen LogP contribution in [0.15, 0.2) is 47.4 Å². The maximum atomic E-state index is 12.0. The summed E-state index contributed by atoms with van der Waals surface area (Å²) in [5.41, 5.74) is 1.33. The molecule has 0 atom stereocenters. The van der Waals surface area contributed by atoms with Crippen molar-refractivity contribution in [2.45, 2.75) is 11.3 Å². The molecule has 0 unspecified atom stereocenters. The summed E-state index contributed by atoms with van der Waals surface area (Å²) in [5, 5.41) is 3.87. The second-order valence-corrected chi connectivity index (χ2v) is 7.97. The van der Waals surface area contributed by atoms with Gasteiger partial charge in [-0.15, -0.1) is 0 Å². The van der Waals surface area contributed by atoms with Gasteiger partial charge >= 0.3 is 0 Å². The van der Waals surface area contributed by atoms with E-state index in [2.05, 4.69) is 5.32 Å². The highest BCUT2D eigenvalue weighted by Crippen LogP contribution is 2.19. The molecule has 23 heavy (non-hydrogen) atoms. The Morgan fingerprint density at radius 3 is 2.13 bits per heavy atom. The quantitative estimate of drug-likeness (QED) is 0.875. The second kappa shape index (κ2) is 7.34. The summed E-state index contributed by atoms with van der Waals surface area (Å²) in [5.74, 6) is -0.266. The minimum atomic E-state index is -3.26. The first kappa shape index (κ1) is 17.8. The lowest BCUT2D eigenvalue weighted by Crippen LogP contribution is -2.25. The molecular formula is C16H15Cl2NO3S. The molecule has 0 aliphatic heterocycles. The molecular weight excluding hydrogens is 357 g/mol. The van der Waals surface area contributed by atoms with Crippen molar-refractivity contribution in [3.63, 3.8) is 0 Å². The van der Waals surface area contributed by atoms with Crippen LogP contribution in [0, 0.1) is 0 Å². The summed E-state index contributed by atoms with van der Waals surface area (Å²) < 4.78 is 22.8. The minimum absolute atomic E-state index is 0.183. The summed E-state index contributed by atoms with van der Waals surface area (Å²) in [6.45, 7) is 0.420. The van der Waals surface area contributed by atoms with Crippen molar-refractivity contribution < 1.29 is 13.2 Å². The number of nitrogens with one attached hydrogen (secondary N) is 1. The van der Waals surface area contributed by atoms with Crippen LogP contribution < -0.4 is 5.32 Å². The molecule has 0 aromatic heterocycles. The predicted molar refractivity (Wildman–Crippen MR) is 92.1 cm³/mol. The van der Waals surface area contributed by atoms with Gasteiger partial charge in [0, 0.05) is 28.4 Å². The third-order valence-corrected chi connectivity index (χ3v) is 4.73. The molecule has 0 saturated heterocycles. The van der Waals surface area contributed by atoms with E-state index in [1.165, 1.54) is 24.3 Å². The first-order valence-electron chi connectivity index (χ1n) is 6.79. The van der Waals surface area contributed by atoms with E-state index in [-0.39, 0.29) is 10.8 Å². The highest BCUT2D eigenvalue weighted by atomic mass is 35.5. The zero-order chi connectivity index (χ0) is 17.0. The van der Waals surface area contributed by atoms with Crippen molar-refractivity contribution in [2.75, 3.05) is 12.8 Å². The van der Waals surface area contributed by atoms with Crippen molar-refractivity contribution >= 4 is 38.9 Å². The Kier molecular flexibility index (Phi) is 5.68. The number of halogens is 2. The number of sulfone groups is 1. The van der Waals surface area contributed by atoms with Crippen LogP contribution in [0.3, 0.4) is 0 Å². The Bertz CT molecular complexity index is 797. The fourth-order valence-electron chi connectivity index (χ4n) is 2.03. The second-order valence-electron chi connectivity index (χ2n) is 5.08. The minimum Gasteiger partial charge on any atom is -0.352 e. The van der Waals surface area contributed by atoms with Gasteiger partial charge in [-0.2, -0.15) is 0 Å². The van der Waals surface area contributed by atoms with Gasteiger partial charge in [-0.1, -0.05) is 23.2 Å². The van der Waals surface area contributed by atoms with E-state index >= 15 is 0 Å². The van der Waals surface area contributed by atoms with Crippen LogP contribution in [0.4, 0.5) is 0 Å². The fourth-order valence-corrected chi connectivity index (χ4v) is 3.23. The zero-order valence-corrected chi connectivity index (χ0v) is 14.7. The van der Waals surface area contributed by atoms with E-state index in [0.29, 0.717) is 28.6 Å². The molecule has 4 nitrogen and oxygen atoms in total. The number of rotatable bonds is 5. The number of hydrogen-bond acceptors (Lipinski definition) is 3. The van der Waals surface area contributed by atoms with Crippen molar-refractivity contribution in [1.82, 2.24) is 5.32 Å². The molecule has 0 aliphatic carbocycles. The maximum Gasteiger partial charge on any atom is 0.251 e. The molecule has 0 bridgehead atoms. The van der Waals surface area contributed by atoms with E-state index in [1.807, 2.05) is 0 Å². The first-order chi connectivity index (χ1) is 10.8. The molecule has 0 heterocycles. The maximum absolute atomic E-state index is 12.0. The molecule has 0 fully saturated rings. The SMILES string of the molecule is CS(=O)(=O)c1ccc(C(=O)NCCc2cc(Cl)cc(Cl)c2)cc1. The zero-order valence-electron chi connectivity index (χ0n) is 12.3. The van der Waals surface area contributed by atoms with Crippen LogP contribution in [-0.2, 0) is 16.3 Å². The number of hydrogen-bond donors (Lipinski definition) is 1. The number of amides is 1. The number of carbonyl (C=O) groups excluding carboxylic acids is 1. The molecule has 122 valence electrons. The predicted octanol–water partition coefficient (Wildman–Crippen LogP) is 3.37. The molecule has 1 N–H and O–H groups in total. The topological polar surface area (TPSA) is 63.2 Å². The fraction of sp³-hybridized carbons (Fsp3) is 0.188. The average molecular weight is 372 g/mol. The van der Waals surface area contributed by atoms with Crippen LogP contribution in [0.25, 0.3) is 0 Å². The molecule has 2 aromatic rings. The van der Waals surface area contributed by atoms with Gasteiger partial charge in [0.05, 0.1) is 4.90 Å². The Balaban J connectivity index is 1.94. The molecule has 0 spiro atoms. The standard InChI is InChI=1S/C16H15Cl2NO3S/c1-23(21,22)15-4-2-12(3-5-15)16(20)19-7-6-11-8-13(17)10-14(18)9-11/h2-5,8-10H,6-7H2,1H3,(H,19,20). The molecule has 7 heteroatoms. The van der Waals surface area contributed by atoms with Crippen LogP contribution in [0.5, 0.6) is 0 Å². The van der Waals surface area contributed by atoms with Crippen LogP contribution in [0.1, 0.15) is 15.9 Å². The van der Waals surface area contributed by atoms with Crippen molar-refractivity contribution in [3.8, 4) is 0 Å². The summed E-state index contributed by atoms with van der Waals surface area (Å²) in [7, 11) is -3.26. The molecule has 0 aliphatic rings. The Morgan fingerprint density at radius 1 is 1.04 bits per heavy atom. The van der Waals surface area contributed by atoms with Crippen molar-refractivity contribution in [2.24, 2.45) is 0 Å². The van der Waals surface area contributed by atoms with E-state index in [4.69, 9.17) is 23.2 Å². The first-order valence-corrected chi connectivity index (χ1v) is 9.44. The van der Waals surface area contributed by atoms with Gasteiger partial charge in [-0.3, -0.25) is 4.79 Å². The normalized spacial score (nSPS) is 11.3. The highest BCUT2D eigenvalue weighted by molar-refractivity contribution is 7.90. The lowest BCUT2D eigenvalue weighted by atomic mass is 10.1. The van der Waals surface area contributed by atoms with E-state index in [1.54, 1.807) is 18.2 Å². The molecule has 1 amide bonds.